The molecule has 0 saturated carbocycles. The molecule has 2 aromatic heterocycles. The number of hydrogen-bond acceptors (Lipinski definition) is 4. The fourth-order valence-electron chi connectivity index (χ4n) is 1.19. The number of anilines is 1. The molecule has 0 unspecified atom stereocenters. The first kappa shape index (κ1) is 8.68. The average molecular weight is 189 g/mol. The molecule has 14 heavy (non-hydrogen) atoms. The summed E-state index contributed by atoms with van der Waals surface area (Å²) in [5.41, 5.74) is 9.00. The van der Waals surface area contributed by atoms with E-state index in [1.165, 1.54) is 0 Å². The summed E-state index contributed by atoms with van der Waals surface area (Å²) in [7, 11) is 0. The van der Waals surface area contributed by atoms with Crippen molar-refractivity contribution in [3.05, 3.63) is 23.4 Å². The number of nitrogens with one attached hydrogen (secondary N) is 1. The van der Waals surface area contributed by atoms with Gasteiger partial charge in [0.25, 0.3) is 0 Å². The number of nitrogens with zero attached hydrogens (tertiary/aromatic N) is 3. The van der Waals surface area contributed by atoms with Gasteiger partial charge in [-0.3, -0.25) is 5.10 Å². The third kappa shape index (κ3) is 1.32. The first-order chi connectivity index (χ1) is 6.68. The summed E-state index contributed by atoms with van der Waals surface area (Å²) < 4.78 is 0. The van der Waals surface area contributed by atoms with Gasteiger partial charge >= 0.3 is 0 Å². The van der Waals surface area contributed by atoms with Crippen molar-refractivity contribution >= 4 is 5.82 Å². The Morgan fingerprint density at radius 3 is 2.50 bits per heavy atom. The van der Waals surface area contributed by atoms with Gasteiger partial charge in [0.05, 0.1) is 11.4 Å². The van der Waals surface area contributed by atoms with Crippen LogP contribution in [0.15, 0.2) is 12.1 Å². The number of aromatic nitrogens is 4. The zero-order chi connectivity index (χ0) is 10.1. The van der Waals surface area contributed by atoms with Gasteiger partial charge < -0.3 is 5.73 Å². The molecule has 0 fully saturated rings. The third-order valence-corrected chi connectivity index (χ3v) is 2.10. The van der Waals surface area contributed by atoms with E-state index in [2.05, 4.69) is 20.4 Å². The quantitative estimate of drug-likeness (QED) is 0.703. The molecule has 0 atom stereocenters. The summed E-state index contributed by atoms with van der Waals surface area (Å²) in [6, 6.07) is 3.79. The second kappa shape index (κ2) is 3.10. The van der Waals surface area contributed by atoms with Crippen LogP contribution in [0.5, 0.6) is 0 Å². The van der Waals surface area contributed by atoms with Crippen molar-refractivity contribution in [2.75, 3.05) is 5.73 Å². The van der Waals surface area contributed by atoms with E-state index in [0.29, 0.717) is 5.82 Å². The zero-order valence-electron chi connectivity index (χ0n) is 8.07. The minimum atomic E-state index is 0.502. The van der Waals surface area contributed by atoms with E-state index >= 15 is 0 Å². The normalized spacial score (nSPS) is 10.4. The molecule has 0 spiro atoms. The predicted molar refractivity (Wildman–Crippen MR) is 53.5 cm³/mol. The number of nitrogens with two attached hydrogens (primary N) is 1. The molecule has 0 aromatic carbocycles. The van der Waals surface area contributed by atoms with Crippen LogP contribution in [0.2, 0.25) is 0 Å². The molecule has 0 bridgehead atoms. The molecular formula is C9H11N5. The number of aromatic amines is 1. The summed E-state index contributed by atoms with van der Waals surface area (Å²) in [6.45, 7) is 3.79. The van der Waals surface area contributed by atoms with Crippen LogP contribution >= 0.6 is 0 Å². The monoisotopic (exact) mass is 189 g/mol. The van der Waals surface area contributed by atoms with Crippen molar-refractivity contribution in [2.24, 2.45) is 0 Å². The molecule has 5 heteroatoms. The van der Waals surface area contributed by atoms with Gasteiger partial charge in [-0.05, 0) is 26.0 Å². The van der Waals surface area contributed by atoms with Gasteiger partial charge in [-0.1, -0.05) is 0 Å². The van der Waals surface area contributed by atoms with E-state index in [4.69, 9.17) is 5.73 Å². The van der Waals surface area contributed by atoms with Crippen molar-refractivity contribution in [3.63, 3.8) is 0 Å². The van der Waals surface area contributed by atoms with Crippen molar-refractivity contribution in [1.82, 2.24) is 20.4 Å². The smallest absolute Gasteiger partial charge is 0.148 e. The Morgan fingerprint density at radius 2 is 2.00 bits per heavy atom. The van der Waals surface area contributed by atoms with Gasteiger partial charge in [0.2, 0.25) is 0 Å². The number of rotatable bonds is 1. The lowest BCUT2D eigenvalue weighted by Crippen LogP contribution is -1.91. The Balaban J connectivity index is 2.49. The molecule has 2 heterocycles. The highest BCUT2D eigenvalue weighted by molar-refractivity contribution is 5.63. The Hall–Kier alpha value is -1.91. The highest BCUT2D eigenvalue weighted by Gasteiger charge is 2.09. The minimum Gasteiger partial charge on any atom is -0.382 e. The molecule has 5 nitrogen and oxygen atoms in total. The average Bonchev–Trinajstić information content (AvgIpc) is 2.50. The molecule has 0 aliphatic rings. The van der Waals surface area contributed by atoms with Crippen LogP contribution in [-0.4, -0.2) is 20.4 Å². The number of nitrogen functional groups attached to an aromatic ring is 1. The van der Waals surface area contributed by atoms with E-state index in [1.807, 2.05) is 26.0 Å². The van der Waals surface area contributed by atoms with Crippen molar-refractivity contribution < 1.29 is 0 Å². The van der Waals surface area contributed by atoms with Gasteiger partial charge in [0.15, 0.2) is 0 Å². The standard InChI is InChI=1S/C9H11N5/c1-5-3-4-7(12-11-5)8-6(2)9(10)14-13-8/h3-4H,1-2H3,(H3,10,13,14). The molecule has 2 rings (SSSR count). The lowest BCUT2D eigenvalue weighted by Gasteiger charge is -1.97. The summed E-state index contributed by atoms with van der Waals surface area (Å²) in [4.78, 5) is 0. The van der Waals surface area contributed by atoms with Crippen LogP contribution in [0.25, 0.3) is 11.4 Å². The SMILES string of the molecule is Cc1ccc(-c2[nH]nc(N)c2C)nn1. The van der Waals surface area contributed by atoms with E-state index in [-0.39, 0.29) is 0 Å². The lowest BCUT2D eigenvalue weighted by atomic mass is 10.2. The van der Waals surface area contributed by atoms with Crippen LogP contribution in [0.1, 0.15) is 11.3 Å². The van der Waals surface area contributed by atoms with E-state index in [0.717, 1.165) is 22.6 Å². The third-order valence-electron chi connectivity index (χ3n) is 2.10. The van der Waals surface area contributed by atoms with E-state index in [1.54, 1.807) is 0 Å². The van der Waals surface area contributed by atoms with Crippen LogP contribution in [0.4, 0.5) is 5.82 Å². The molecule has 0 amide bonds. The fourth-order valence-corrected chi connectivity index (χ4v) is 1.19. The maximum absolute atomic E-state index is 5.62. The highest BCUT2D eigenvalue weighted by Crippen LogP contribution is 2.21. The molecular weight excluding hydrogens is 178 g/mol. The van der Waals surface area contributed by atoms with Crippen molar-refractivity contribution in [1.29, 1.82) is 0 Å². The molecule has 72 valence electrons. The Bertz CT molecular complexity index is 443. The topological polar surface area (TPSA) is 80.5 Å². The molecule has 0 radical (unpaired) electrons. The largest absolute Gasteiger partial charge is 0.382 e. The molecule has 2 aromatic rings. The van der Waals surface area contributed by atoms with Crippen LogP contribution in [0, 0.1) is 13.8 Å². The molecule has 3 N–H and O–H groups in total. The number of aryl methyl sites for hydroxylation is 1. The van der Waals surface area contributed by atoms with Gasteiger partial charge in [0.1, 0.15) is 11.5 Å². The lowest BCUT2D eigenvalue weighted by molar-refractivity contribution is 0.974. The van der Waals surface area contributed by atoms with Gasteiger partial charge in [0, 0.05) is 5.56 Å². The summed E-state index contributed by atoms with van der Waals surface area (Å²) in [5.74, 6) is 0.502. The Morgan fingerprint density at radius 1 is 1.21 bits per heavy atom. The van der Waals surface area contributed by atoms with E-state index in [9.17, 15) is 0 Å². The van der Waals surface area contributed by atoms with Gasteiger partial charge in [-0.15, -0.1) is 5.10 Å². The summed E-state index contributed by atoms with van der Waals surface area (Å²) >= 11 is 0. The predicted octanol–water partition coefficient (Wildman–Crippen LogP) is 1.07. The van der Waals surface area contributed by atoms with Crippen molar-refractivity contribution in [2.45, 2.75) is 13.8 Å². The minimum absolute atomic E-state index is 0.502. The first-order valence-electron chi connectivity index (χ1n) is 4.29. The van der Waals surface area contributed by atoms with Crippen LogP contribution in [-0.2, 0) is 0 Å². The summed E-state index contributed by atoms with van der Waals surface area (Å²) in [6.07, 6.45) is 0. The Labute approximate surface area is 81.4 Å². The molecule has 0 aliphatic heterocycles. The molecule has 0 saturated heterocycles. The maximum Gasteiger partial charge on any atom is 0.148 e. The number of H-pyrrole nitrogens is 1. The second-order valence-electron chi connectivity index (χ2n) is 3.17. The fraction of sp³-hybridized carbons (Fsp3) is 0.222. The van der Waals surface area contributed by atoms with Gasteiger partial charge in [-0.2, -0.15) is 10.2 Å². The summed E-state index contributed by atoms with van der Waals surface area (Å²) in [5, 5.41) is 14.7. The number of hydrogen-bond donors (Lipinski definition) is 2. The van der Waals surface area contributed by atoms with Crippen molar-refractivity contribution in [3.8, 4) is 11.4 Å². The highest BCUT2D eigenvalue weighted by atomic mass is 15.2. The Kier molecular flexibility index (Phi) is 1.92. The van der Waals surface area contributed by atoms with Crippen LogP contribution in [0.3, 0.4) is 0 Å². The second-order valence-corrected chi connectivity index (χ2v) is 3.17. The maximum atomic E-state index is 5.62. The first-order valence-corrected chi connectivity index (χ1v) is 4.29. The molecule has 0 aliphatic carbocycles. The van der Waals surface area contributed by atoms with Gasteiger partial charge in [-0.25, -0.2) is 0 Å². The van der Waals surface area contributed by atoms with E-state index < -0.39 is 0 Å². The van der Waals surface area contributed by atoms with Crippen LogP contribution < -0.4 is 5.73 Å². The zero-order valence-corrected chi connectivity index (χ0v) is 8.07.